The quantitative estimate of drug-likeness (QED) is 0.516. The highest BCUT2D eigenvalue weighted by molar-refractivity contribution is 6.10. The zero-order valence-electron chi connectivity index (χ0n) is 17.5. The van der Waals surface area contributed by atoms with Gasteiger partial charge in [-0.05, 0) is 18.6 Å². The van der Waals surface area contributed by atoms with Crippen LogP contribution < -0.4 is 19.1 Å². The zero-order valence-corrected chi connectivity index (χ0v) is 17.5. The lowest BCUT2D eigenvalue weighted by molar-refractivity contribution is 0.0985. The topological polar surface area (TPSA) is 110 Å². The molecule has 31 heavy (non-hydrogen) atoms. The number of methoxy groups -OCH3 is 3. The van der Waals surface area contributed by atoms with Crippen LogP contribution in [0.1, 0.15) is 21.9 Å². The number of amides is 1. The van der Waals surface area contributed by atoms with Gasteiger partial charge in [-0.1, -0.05) is 0 Å². The summed E-state index contributed by atoms with van der Waals surface area (Å²) in [4.78, 5) is 22.6. The summed E-state index contributed by atoms with van der Waals surface area (Å²) in [5, 5.41) is 11.1. The van der Waals surface area contributed by atoms with Gasteiger partial charge in [-0.25, -0.2) is 4.98 Å². The van der Waals surface area contributed by atoms with Crippen molar-refractivity contribution in [2.75, 3.05) is 32.8 Å². The number of aromatic nitrogens is 2. The van der Waals surface area contributed by atoms with Crippen molar-refractivity contribution < 1.29 is 28.5 Å². The molecule has 0 aliphatic carbocycles. The number of phenols is 1. The third kappa shape index (κ3) is 2.69. The van der Waals surface area contributed by atoms with Crippen LogP contribution in [0.15, 0.2) is 22.6 Å². The number of oxazole rings is 1. The highest BCUT2D eigenvalue weighted by Gasteiger charge is 2.31. The molecule has 0 saturated carbocycles. The number of benzene rings is 2. The van der Waals surface area contributed by atoms with Crippen LogP contribution in [-0.4, -0.2) is 48.9 Å². The van der Waals surface area contributed by atoms with Gasteiger partial charge < -0.3 is 33.6 Å². The Hall–Kier alpha value is -3.88. The molecule has 2 aromatic heterocycles. The van der Waals surface area contributed by atoms with Gasteiger partial charge in [0.25, 0.3) is 5.91 Å². The predicted octanol–water partition coefficient (Wildman–Crippen LogP) is 3.55. The predicted molar refractivity (Wildman–Crippen MR) is 114 cm³/mol. The molecule has 2 N–H and O–H groups in total. The number of aromatic hydroxyl groups is 1. The molecule has 1 aliphatic heterocycles. The molecule has 4 aromatic rings. The second-order valence-electron chi connectivity index (χ2n) is 7.30. The van der Waals surface area contributed by atoms with Gasteiger partial charge in [-0.15, -0.1) is 0 Å². The van der Waals surface area contributed by atoms with Gasteiger partial charge in [0.1, 0.15) is 11.2 Å². The molecule has 0 fully saturated rings. The van der Waals surface area contributed by atoms with Crippen LogP contribution in [0, 0.1) is 6.92 Å². The fraction of sp³-hybridized carbons (Fsp3) is 0.273. The number of carbonyl (C=O) groups is 1. The summed E-state index contributed by atoms with van der Waals surface area (Å²) in [6.45, 7) is 2.20. The van der Waals surface area contributed by atoms with Crippen LogP contribution in [0.5, 0.6) is 23.0 Å². The van der Waals surface area contributed by atoms with Gasteiger partial charge in [0.2, 0.25) is 5.75 Å². The van der Waals surface area contributed by atoms with Gasteiger partial charge in [0.15, 0.2) is 28.7 Å². The van der Waals surface area contributed by atoms with E-state index in [0.717, 1.165) is 10.9 Å². The van der Waals surface area contributed by atoms with Crippen molar-refractivity contribution in [2.24, 2.45) is 0 Å². The highest BCUT2D eigenvalue weighted by atomic mass is 16.5. The molecule has 1 amide bonds. The molecular formula is C22H21N3O6. The maximum Gasteiger partial charge on any atom is 0.274 e. The largest absolute Gasteiger partial charge is 0.504 e. The van der Waals surface area contributed by atoms with Crippen molar-refractivity contribution >= 4 is 33.6 Å². The lowest BCUT2D eigenvalue weighted by atomic mass is 10.1. The number of anilines is 1. The van der Waals surface area contributed by atoms with Gasteiger partial charge in [-0.3, -0.25) is 4.79 Å². The second-order valence-corrected chi connectivity index (χ2v) is 7.30. The first-order chi connectivity index (χ1) is 15.0. The Labute approximate surface area is 177 Å². The molecule has 0 atom stereocenters. The first kappa shape index (κ1) is 19.1. The van der Waals surface area contributed by atoms with Gasteiger partial charge in [-0.2, -0.15) is 0 Å². The van der Waals surface area contributed by atoms with Crippen LogP contribution in [-0.2, 0) is 6.42 Å². The number of nitrogens with one attached hydrogen (secondary N) is 1. The monoisotopic (exact) mass is 423 g/mol. The number of nitrogens with zero attached hydrogens (tertiary/aromatic N) is 2. The van der Waals surface area contributed by atoms with Crippen LogP contribution in [0.3, 0.4) is 0 Å². The molecule has 5 rings (SSSR count). The van der Waals surface area contributed by atoms with Crippen molar-refractivity contribution in [1.29, 1.82) is 0 Å². The number of rotatable bonds is 4. The van der Waals surface area contributed by atoms with E-state index in [1.807, 2.05) is 0 Å². The summed E-state index contributed by atoms with van der Waals surface area (Å²) < 4.78 is 21.9. The maximum absolute atomic E-state index is 13.4. The number of ether oxygens (including phenoxy) is 3. The first-order valence-electron chi connectivity index (χ1n) is 9.72. The average molecular weight is 423 g/mol. The Morgan fingerprint density at radius 1 is 1.16 bits per heavy atom. The highest BCUT2D eigenvalue weighted by Crippen LogP contribution is 2.44. The molecular weight excluding hydrogens is 402 g/mol. The van der Waals surface area contributed by atoms with E-state index in [9.17, 15) is 9.90 Å². The molecule has 0 unspecified atom stereocenters. The van der Waals surface area contributed by atoms with Crippen LogP contribution in [0.2, 0.25) is 0 Å². The number of phenolic OH excluding ortho intramolecular Hbond substituents is 1. The number of aryl methyl sites for hydroxylation is 1. The van der Waals surface area contributed by atoms with E-state index >= 15 is 0 Å². The summed E-state index contributed by atoms with van der Waals surface area (Å²) in [6.07, 6.45) is 0.620. The molecule has 0 saturated heterocycles. The minimum atomic E-state index is -0.228. The van der Waals surface area contributed by atoms with E-state index in [2.05, 4.69) is 9.97 Å². The van der Waals surface area contributed by atoms with Crippen molar-refractivity contribution in [3.63, 3.8) is 0 Å². The van der Waals surface area contributed by atoms with Crippen LogP contribution >= 0.6 is 0 Å². The van der Waals surface area contributed by atoms with E-state index < -0.39 is 0 Å². The third-order valence-corrected chi connectivity index (χ3v) is 5.61. The summed E-state index contributed by atoms with van der Waals surface area (Å²) in [6, 6.07) is 5.09. The van der Waals surface area contributed by atoms with Crippen molar-refractivity contribution in [3.8, 4) is 23.0 Å². The first-order valence-corrected chi connectivity index (χ1v) is 9.72. The number of aromatic amines is 1. The van der Waals surface area contributed by atoms with E-state index in [4.69, 9.17) is 18.6 Å². The lowest BCUT2D eigenvalue weighted by Crippen LogP contribution is -2.29. The molecule has 160 valence electrons. The summed E-state index contributed by atoms with van der Waals surface area (Å²) in [7, 11) is 4.60. The van der Waals surface area contributed by atoms with E-state index in [0.29, 0.717) is 64.1 Å². The molecule has 0 radical (unpaired) electrons. The van der Waals surface area contributed by atoms with Gasteiger partial charge >= 0.3 is 0 Å². The van der Waals surface area contributed by atoms with Crippen LogP contribution in [0.4, 0.5) is 5.69 Å². The maximum atomic E-state index is 13.4. The van der Waals surface area contributed by atoms with E-state index in [-0.39, 0.29) is 11.7 Å². The normalized spacial score (nSPS) is 13.1. The average Bonchev–Trinajstić information content (AvgIpc) is 3.47. The Balaban J connectivity index is 1.61. The summed E-state index contributed by atoms with van der Waals surface area (Å²) >= 11 is 0. The van der Waals surface area contributed by atoms with Crippen molar-refractivity contribution in [3.05, 3.63) is 35.3 Å². The lowest BCUT2D eigenvalue weighted by Gasteiger charge is -2.16. The van der Waals surface area contributed by atoms with Crippen LogP contribution in [0.25, 0.3) is 22.0 Å². The molecule has 0 bridgehead atoms. The van der Waals surface area contributed by atoms with E-state index in [1.165, 1.54) is 14.2 Å². The minimum absolute atomic E-state index is 0.0400. The molecule has 2 aromatic carbocycles. The number of fused-ring (bicyclic) bond motifs is 4. The van der Waals surface area contributed by atoms with Crippen molar-refractivity contribution in [2.45, 2.75) is 13.3 Å². The molecule has 9 nitrogen and oxygen atoms in total. The number of hydrogen-bond acceptors (Lipinski definition) is 7. The van der Waals surface area contributed by atoms with Crippen molar-refractivity contribution in [1.82, 2.24) is 9.97 Å². The molecule has 0 spiro atoms. The smallest absolute Gasteiger partial charge is 0.274 e. The third-order valence-electron chi connectivity index (χ3n) is 5.61. The number of H-pyrrole nitrogens is 1. The fourth-order valence-corrected chi connectivity index (χ4v) is 4.26. The fourth-order valence-electron chi connectivity index (χ4n) is 4.26. The summed E-state index contributed by atoms with van der Waals surface area (Å²) in [5.41, 5.74) is 3.47. The molecule has 1 aliphatic rings. The Kier molecular flexibility index (Phi) is 4.21. The Morgan fingerprint density at radius 2 is 1.94 bits per heavy atom. The number of hydrogen-bond donors (Lipinski definition) is 2. The molecule has 3 heterocycles. The Bertz CT molecular complexity index is 1350. The zero-order chi connectivity index (χ0) is 21.9. The SMILES string of the molecule is COc1cc2cc(C(=O)N3CCc4c3cc(O)c3oc(C)nc43)[nH]c2c(OC)c1OC. The van der Waals surface area contributed by atoms with Gasteiger partial charge in [0, 0.05) is 30.5 Å². The Morgan fingerprint density at radius 3 is 2.65 bits per heavy atom. The number of carbonyl (C=O) groups excluding carboxylic acids is 1. The summed E-state index contributed by atoms with van der Waals surface area (Å²) in [5.74, 6) is 1.60. The molecule has 9 heteroatoms. The standard InChI is InChI=1S/C22H21N3O6/c1-10-23-18-12-5-6-25(14(12)9-15(26)19(18)31-10)22(27)13-7-11-8-16(28-2)20(29-3)21(30-4)17(11)24-13/h7-9,24,26H,5-6H2,1-4H3. The minimum Gasteiger partial charge on any atom is -0.504 e. The van der Waals surface area contributed by atoms with E-state index in [1.54, 1.807) is 37.1 Å². The second kappa shape index (κ2) is 6.83. The van der Waals surface area contributed by atoms with Gasteiger partial charge in [0.05, 0.1) is 32.5 Å².